The lowest BCUT2D eigenvalue weighted by Gasteiger charge is -2.32. The summed E-state index contributed by atoms with van der Waals surface area (Å²) in [7, 11) is 0. The molecular weight excluding hydrogens is 457 g/mol. The van der Waals surface area contributed by atoms with Gasteiger partial charge in [0.15, 0.2) is 0 Å². The van der Waals surface area contributed by atoms with Crippen molar-refractivity contribution in [2.45, 2.75) is 51.1 Å². The summed E-state index contributed by atoms with van der Waals surface area (Å²) in [5.41, 5.74) is 2.76. The predicted octanol–water partition coefficient (Wildman–Crippen LogP) is 3.70. The van der Waals surface area contributed by atoms with E-state index in [-0.39, 0.29) is 11.5 Å². The Morgan fingerprint density at radius 1 is 0.917 bits per heavy atom. The van der Waals surface area contributed by atoms with E-state index in [0.717, 1.165) is 50.0 Å². The largest absolute Gasteiger partial charge is 0.353 e. The van der Waals surface area contributed by atoms with Crippen molar-refractivity contribution in [3.8, 4) is 5.69 Å². The molecule has 0 saturated carbocycles. The van der Waals surface area contributed by atoms with Gasteiger partial charge >= 0.3 is 11.4 Å². The highest BCUT2D eigenvalue weighted by atomic mass is 19.1. The van der Waals surface area contributed by atoms with Crippen molar-refractivity contribution in [2.75, 3.05) is 19.6 Å². The van der Waals surface area contributed by atoms with Crippen LogP contribution < -0.4 is 11.4 Å². The van der Waals surface area contributed by atoms with Crippen molar-refractivity contribution >= 4 is 10.9 Å². The Kier molecular flexibility index (Phi) is 6.05. The van der Waals surface area contributed by atoms with E-state index in [1.807, 2.05) is 18.2 Å². The highest BCUT2D eigenvalue weighted by molar-refractivity contribution is 5.86. The molecular formula is C28H30FN5O2. The molecule has 0 aliphatic carbocycles. The Hall–Kier alpha value is -3.52. The topological polar surface area (TPSA) is 65.1 Å². The minimum absolute atomic E-state index is 0.215. The summed E-state index contributed by atoms with van der Waals surface area (Å²) in [5, 5.41) is 1.24. The number of halogens is 1. The Labute approximate surface area is 208 Å². The van der Waals surface area contributed by atoms with Crippen LogP contribution in [0.5, 0.6) is 0 Å². The molecule has 0 bridgehead atoms. The van der Waals surface area contributed by atoms with Crippen LogP contribution in [0.2, 0.25) is 0 Å². The van der Waals surface area contributed by atoms with Gasteiger partial charge in [-0.3, -0.25) is 4.57 Å². The Bertz CT molecular complexity index is 1510. The first-order valence-corrected chi connectivity index (χ1v) is 12.9. The zero-order valence-electron chi connectivity index (χ0n) is 20.3. The van der Waals surface area contributed by atoms with Crippen molar-refractivity contribution in [1.29, 1.82) is 0 Å². The third-order valence-electron chi connectivity index (χ3n) is 7.78. The number of piperidine rings is 1. The Morgan fingerprint density at radius 3 is 2.50 bits per heavy atom. The molecule has 0 unspecified atom stereocenters. The molecule has 0 N–H and O–H groups in total. The summed E-state index contributed by atoms with van der Waals surface area (Å²) in [6.07, 6.45) is 6.86. The lowest BCUT2D eigenvalue weighted by atomic mass is 9.89. The van der Waals surface area contributed by atoms with Crippen LogP contribution in [0.3, 0.4) is 0 Å². The fourth-order valence-electron chi connectivity index (χ4n) is 5.78. The molecule has 4 aromatic rings. The number of aromatic nitrogens is 4. The van der Waals surface area contributed by atoms with Crippen molar-refractivity contribution < 1.29 is 4.39 Å². The van der Waals surface area contributed by atoms with E-state index in [1.54, 1.807) is 4.57 Å². The molecule has 2 aliphatic heterocycles. The van der Waals surface area contributed by atoms with Crippen molar-refractivity contribution in [1.82, 2.24) is 23.6 Å². The van der Waals surface area contributed by atoms with Crippen LogP contribution in [0, 0.1) is 5.82 Å². The summed E-state index contributed by atoms with van der Waals surface area (Å²) in [6.45, 7) is 3.52. The summed E-state index contributed by atoms with van der Waals surface area (Å²) in [6, 6.07) is 15.0. The zero-order chi connectivity index (χ0) is 24.6. The monoisotopic (exact) mass is 487 g/mol. The van der Waals surface area contributed by atoms with Gasteiger partial charge in [-0.25, -0.2) is 18.5 Å². The van der Waals surface area contributed by atoms with E-state index in [1.165, 1.54) is 27.6 Å². The lowest BCUT2D eigenvalue weighted by Crippen LogP contribution is -2.46. The number of hydrogen-bond acceptors (Lipinski definition) is 4. The molecule has 1 fully saturated rings. The van der Waals surface area contributed by atoms with Gasteiger partial charge in [0.25, 0.3) is 0 Å². The molecule has 36 heavy (non-hydrogen) atoms. The molecule has 186 valence electrons. The molecule has 2 aromatic carbocycles. The number of para-hydroxylation sites is 1. The van der Waals surface area contributed by atoms with Gasteiger partial charge < -0.3 is 9.47 Å². The van der Waals surface area contributed by atoms with Crippen molar-refractivity contribution in [3.63, 3.8) is 0 Å². The number of benzene rings is 2. The van der Waals surface area contributed by atoms with Gasteiger partial charge in [0.2, 0.25) is 0 Å². The number of rotatable bonds is 5. The summed E-state index contributed by atoms with van der Waals surface area (Å²) >= 11 is 0. The third-order valence-corrected chi connectivity index (χ3v) is 7.78. The summed E-state index contributed by atoms with van der Waals surface area (Å²) < 4.78 is 18.6. The third kappa shape index (κ3) is 4.19. The number of likely N-dealkylation sites (tertiary alicyclic amines) is 1. The number of aryl methyl sites for hydroxylation is 1. The van der Waals surface area contributed by atoms with E-state index in [0.29, 0.717) is 37.8 Å². The number of fused-ring (bicyclic) bond motifs is 2. The first-order chi connectivity index (χ1) is 17.6. The van der Waals surface area contributed by atoms with Crippen molar-refractivity contribution in [3.05, 3.63) is 92.9 Å². The van der Waals surface area contributed by atoms with E-state index in [2.05, 4.69) is 38.8 Å². The van der Waals surface area contributed by atoms with Crippen LogP contribution in [0.1, 0.15) is 43.0 Å². The summed E-state index contributed by atoms with van der Waals surface area (Å²) in [5.74, 6) is 0.818. The minimum Gasteiger partial charge on any atom is -0.316 e. The smallest absolute Gasteiger partial charge is 0.316 e. The van der Waals surface area contributed by atoms with Crippen LogP contribution in [-0.4, -0.2) is 43.2 Å². The molecule has 0 radical (unpaired) electrons. The quantitative estimate of drug-likeness (QED) is 0.431. The maximum Gasteiger partial charge on any atom is 0.353 e. The second-order valence-corrected chi connectivity index (χ2v) is 9.92. The fourth-order valence-corrected chi connectivity index (χ4v) is 5.78. The maximum atomic E-state index is 13.5. The van der Waals surface area contributed by atoms with E-state index in [9.17, 15) is 14.0 Å². The molecule has 7 nitrogen and oxygen atoms in total. The van der Waals surface area contributed by atoms with E-state index < -0.39 is 5.69 Å². The maximum absolute atomic E-state index is 13.5. The second kappa shape index (κ2) is 9.50. The fraction of sp³-hybridized carbons (Fsp3) is 0.393. The normalized spacial score (nSPS) is 16.9. The summed E-state index contributed by atoms with van der Waals surface area (Å²) in [4.78, 5) is 31.9. The lowest BCUT2D eigenvalue weighted by molar-refractivity contribution is 0.202. The Morgan fingerprint density at radius 2 is 1.69 bits per heavy atom. The first-order valence-electron chi connectivity index (χ1n) is 12.9. The molecule has 6 rings (SSSR count). The molecule has 0 spiro atoms. The van der Waals surface area contributed by atoms with Gasteiger partial charge in [-0.2, -0.15) is 4.98 Å². The molecule has 4 heterocycles. The van der Waals surface area contributed by atoms with Crippen LogP contribution in [0.25, 0.3) is 16.6 Å². The van der Waals surface area contributed by atoms with E-state index in [4.69, 9.17) is 0 Å². The highest BCUT2D eigenvalue weighted by Gasteiger charge is 2.24. The van der Waals surface area contributed by atoms with Crippen molar-refractivity contribution in [2.24, 2.45) is 0 Å². The SMILES string of the molecule is O=c1nc2n(c(=O)n1CCN1CCC(c3cn(-c4ccc(F)cc4)c4ccccc34)CC1)CCCC2. The number of hydrogen-bond donors (Lipinski definition) is 0. The molecule has 2 aliphatic rings. The zero-order valence-corrected chi connectivity index (χ0v) is 20.3. The first kappa shape index (κ1) is 22.9. The predicted molar refractivity (Wildman–Crippen MR) is 137 cm³/mol. The molecule has 1 saturated heterocycles. The minimum atomic E-state index is -0.420. The Balaban J connectivity index is 1.17. The molecule has 8 heteroatoms. The number of nitrogens with zero attached hydrogens (tertiary/aromatic N) is 5. The average Bonchev–Trinajstić information content (AvgIpc) is 3.29. The van der Waals surface area contributed by atoms with Gasteiger partial charge in [-0.15, -0.1) is 0 Å². The second-order valence-electron chi connectivity index (χ2n) is 9.92. The van der Waals surface area contributed by atoms with Gasteiger partial charge in [-0.1, -0.05) is 18.2 Å². The average molecular weight is 488 g/mol. The van der Waals surface area contributed by atoms with Crippen LogP contribution >= 0.6 is 0 Å². The van der Waals surface area contributed by atoms with Gasteiger partial charge in [0, 0.05) is 43.3 Å². The molecule has 0 amide bonds. The van der Waals surface area contributed by atoms with Crippen LogP contribution in [0.4, 0.5) is 4.39 Å². The van der Waals surface area contributed by atoms with E-state index >= 15 is 0 Å². The highest BCUT2D eigenvalue weighted by Crippen LogP contribution is 2.35. The van der Waals surface area contributed by atoms with Crippen LogP contribution in [-0.2, 0) is 19.5 Å². The molecule has 2 aromatic heterocycles. The van der Waals surface area contributed by atoms with Gasteiger partial charge in [0.1, 0.15) is 11.6 Å². The van der Waals surface area contributed by atoms with Gasteiger partial charge in [-0.05, 0) is 80.6 Å². The molecule has 0 atom stereocenters. The standard InChI is InChI=1S/C28H30FN5O2/c29-21-8-10-22(11-9-21)34-19-24(23-5-1-2-6-25(23)34)20-12-15-31(16-13-20)17-18-33-27(35)30-26-7-3-4-14-32(26)28(33)36/h1-2,5-6,8-11,19-20H,3-4,7,12-18H2. The van der Waals surface area contributed by atoms with Crippen LogP contribution in [0.15, 0.2) is 64.3 Å². The van der Waals surface area contributed by atoms with Gasteiger partial charge in [0.05, 0.1) is 5.52 Å².